The van der Waals surface area contributed by atoms with Crippen molar-refractivity contribution in [2.75, 3.05) is 51.2 Å². The molecule has 0 radical (unpaired) electrons. The molecule has 0 bridgehead atoms. The number of hydrogen-bond donors (Lipinski definition) is 0. The van der Waals surface area contributed by atoms with E-state index < -0.39 is 0 Å². The van der Waals surface area contributed by atoms with Crippen molar-refractivity contribution < 1.29 is 9.18 Å². The van der Waals surface area contributed by atoms with Gasteiger partial charge in [-0.05, 0) is 55.3 Å². The number of piperazine rings is 1. The Hall–Kier alpha value is -2.70. The number of likely N-dealkylation sites (N-methyl/N-ethyl adjacent to an activating group) is 1. The van der Waals surface area contributed by atoms with E-state index in [1.807, 2.05) is 17.0 Å². The number of nitrogens with zero attached hydrogens (tertiary/aromatic N) is 4. The van der Waals surface area contributed by atoms with Crippen LogP contribution in [0.4, 0.5) is 10.1 Å². The Balaban J connectivity index is 1.29. The van der Waals surface area contributed by atoms with E-state index in [9.17, 15) is 9.18 Å². The molecule has 0 spiro atoms. The summed E-state index contributed by atoms with van der Waals surface area (Å²) in [6.07, 6.45) is 2.97. The summed E-state index contributed by atoms with van der Waals surface area (Å²) in [7, 11) is 4.35. The van der Waals surface area contributed by atoms with Crippen molar-refractivity contribution >= 4 is 22.5 Å². The lowest BCUT2D eigenvalue weighted by Crippen LogP contribution is -2.50. The molecule has 0 N–H and O–H groups in total. The summed E-state index contributed by atoms with van der Waals surface area (Å²) in [5.74, 6) is -0.0661. The van der Waals surface area contributed by atoms with Crippen LogP contribution >= 0.6 is 0 Å². The van der Waals surface area contributed by atoms with Gasteiger partial charge in [0.25, 0.3) is 0 Å². The van der Waals surface area contributed by atoms with Gasteiger partial charge in [-0.1, -0.05) is 18.2 Å². The molecule has 3 heterocycles. The Kier molecular flexibility index (Phi) is 5.74. The molecular formula is C26H31FN4O. The van der Waals surface area contributed by atoms with Crippen LogP contribution in [0.5, 0.6) is 0 Å². The Morgan fingerprint density at radius 3 is 2.50 bits per heavy atom. The minimum atomic E-state index is -0.212. The fourth-order valence-electron chi connectivity index (χ4n) is 5.16. The standard InChI is InChI=1S/C26H31FN4O/c1-28-12-10-23-22-8-7-21(17-25(22)29(2)24(23)11-13-28)31-16-15-30(18-26(31)32)14-9-19-3-5-20(27)6-4-19/h3-8,17H,9-16,18H2,1-2H3. The highest BCUT2D eigenvalue weighted by molar-refractivity contribution is 5.98. The SMILES string of the molecule is CN1CCc2c(n(C)c3cc(N4CCN(CCc5ccc(F)cc5)CC4=O)ccc23)CC1. The molecule has 5 rings (SSSR count). The van der Waals surface area contributed by atoms with Gasteiger partial charge in [0.1, 0.15) is 5.82 Å². The molecule has 3 aromatic rings. The lowest BCUT2D eigenvalue weighted by Gasteiger charge is -2.34. The van der Waals surface area contributed by atoms with E-state index in [-0.39, 0.29) is 11.7 Å². The average Bonchev–Trinajstić information content (AvgIpc) is 2.92. The summed E-state index contributed by atoms with van der Waals surface area (Å²) < 4.78 is 15.4. The van der Waals surface area contributed by atoms with Crippen LogP contribution in [0.15, 0.2) is 42.5 Å². The quantitative estimate of drug-likeness (QED) is 0.632. The number of anilines is 1. The number of aryl methyl sites for hydroxylation is 1. The molecule has 0 saturated carbocycles. The summed E-state index contributed by atoms with van der Waals surface area (Å²) >= 11 is 0. The van der Waals surface area contributed by atoms with Gasteiger partial charge in [-0.15, -0.1) is 0 Å². The second-order valence-electron chi connectivity index (χ2n) is 9.19. The van der Waals surface area contributed by atoms with Gasteiger partial charge in [0.15, 0.2) is 0 Å². The first kappa shape index (κ1) is 21.2. The molecule has 0 atom stereocenters. The number of benzene rings is 2. The monoisotopic (exact) mass is 434 g/mol. The number of halogens is 1. The molecular weight excluding hydrogens is 403 g/mol. The number of rotatable bonds is 4. The molecule has 1 aromatic heterocycles. The van der Waals surface area contributed by atoms with Crippen LogP contribution < -0.4 is 4.90 Å². The molecule has 2 aliphatic rings. The van der Waals surface area contributed by atoms with Crippen molar-refractivity contribution in [3.8, 4) is 0 Å². The molecule has 0 aliphatic carbocycles. The average molecular weight is 435 g/mol. The molecule has 1 amide bonds. The third-order valence-corrected chi connectivity index (χ3v) is 7.14. The van der Waals surface area contributed by atoms with Crippen LogP contribution in [0, 0.1) is 5.82 Å². The van der Waals surface area contributed by atoms with Gasteiger partial charge in [-0.3, -0.25) is 9.69 Å². The topological polar surface area (TPSA) is 31.7 Å². The zero-order valence-electron chi connectivity index (χ0n) is 19.0. The fourth-order valence-corrected chi connectivity index (χ4v) is 5.16. The Morgan fingerprint density at radius 1 is 0.938 bits per heavy atom. The second kappa shape index (κ2) is 8.68. The summed E-state index contributed by atoms with van der Waals surface area (Å²) in [4.78, 5) is 19.5. The van der Waals surface area contributed by atoms with E-state index in [1.165, 1.54) is 34.3 Å². The molecule has 6 heteroatoms. The van der Waals surface area contributed by atoms with Gasteiger partial charge in [-0.2, -0.15) is 0 Å². The smallest absolute Gasteiger partial charge is 0.241 e. The lowest BCUT2D eigenvalue weighted by atomic mass is 10.1. The predicted octanol–water partition coefficient (Wildman–Crippen LogP) is 3.24. The van der Waals surface area contributed by atoms with Crippen molar-refractivity contribution in [2.45, 2.75) is 19.3 Å². The highest BCUT2D eigenvalue weighted by Gasteiger charge is 2.26. The van der Waals surface area contributed by atoms with Crippen LogP contribution in [0.2, 0.25) is 0 Å². The largest absolute Gasteiger partial charge is 0.347 e. The molecule has 1 saturated heterocycles. The molecule has 2 aromatic carbocycles. The van der Waals surface area contributed by atoms with Crippen LogP contribution in [0.3, 0.4) is 0 Å². The van der Waals surface area contributed by atoms with Crippen molar-refractivity contribution in [1.82, 2.24) is 14.4 Å². The molecule has 168 valence electrons. The summed E-state index contributed by atoms with van der Waals surface area (Å²) in [6, 6.07) is 13.2. The molecule has 32 heavy (non-hydrogen) atoms. The van der Waals surface area contributed by atoms with E-state index in [2.05, 4.69) is 46.7 Å². The normalized spacial score (nSPS) is 18.2. The number of carbonyl (C=O) groups is 1. The Bertz CT molecular complexity index is 1140. The minimum Gasteiger partial charge on any atom is -0.347 e. The van der Waals surface area contributed by atoms with Crippen molar-refractivity contribution in [3.05, 3.63) is 65.1 Å². The molecule has 0 unspecified atom stereocenters. The van der Waals surface area contributed by atoms with Gasteiger partial charge in [-0.25, -0.2) is 4.39 Å². The van der Waals surface area contributed by atoms with Crippen molar-refractivity contribution in [1.29, 1.82) is 0 Å². The second-order valence-corrected chi connectivity index (χ2v) is 9.19. The van der Waals surface area contributed by atoms with Gasteiger partial charge in [0, 0.05) is 63.0 Å². The highest BCUT2D eigenvalue weighted by Crippen LogP contribution is 2.31. The first-order valence-corrected chi connectivity index (χ1v) is 11.6. The summed E-state index contributed by atoms with van der Waals surface area (Å²) in [5.41, 5.74) is 6.22. The van der Waals surface area contributed by atoms with Gasteiger partial charge >= 0.3 is 0 Å². The molecule has 2 aliphatic heterocycles. The van der Waals surface area contributed by atoms with E-state index in [1.54, 1.807) is 0 Å². The lowest BCUT2D eigenvalue weighted by molar-refractivity contribution is -0.121. The zero-order chi connectivity index (χ0) is 22.2. The van der Waals surface area contributed by atoms with E-state index in [0.29, 0.717) is 13.1 Å². The zero-order valence-corrected chi connectivity index (χ0v) is 19.0. The number of amides is 1. The van der Waals surface area contributed by atoms with Gasteiger partial charge in [0.2, 0.25) is 5.91 Å². The first-order valence-electron chi connectivity index (χ1n) is 11.6. The van der Waals surface area contributed by atoms with Gasteiger partial charge < -0.3 is 14.4 Å². The van der Waals surface area contributed by atoms with Crippen molar-refractivity contribution in [3.63, 3.8) is 0 Å². The highest BCUT2D eigenvalue weighted by atomic mass is 19.1. The van der Waals surface area contributed by atoms with E-state index in [4.69, 9.17) is 0 Å². The number of fused-ring (bicyclic) bond motifs is 3. The number of hydrogen-bond acceptors (Lipinski definition) is 3. The number of carbonyl (C=O) groups excluding carboxylic acids is 1. The van der Waals surface area contributed by atoms with Crippen LogP contribution in [0.25, 0.3) is 10.9 Å². The van der Waals surface area contributed by atoms with Crippen LogP contribution in [0.1, 0.15) is 16.8 Å². The molecule has 1 fully saturated rings. The predicted molar refractivity (Wildman–Crippen MR) is 127 cm³/mol. The van der Waals surface area contributed by atoms with Crippen LogP contribution in [-0.4, -0.2) is 66.6 Å². The minimum absolute atomic E-state index is 0.145. The number of aromatic nitrogens is 1. The fraction of sp³-hybridized carbons (Fsp3) is 0.423. The Morgan fingerprint density at radius 2 is 1.72 bits per heavy atom. The van der Waals surface area contributed by atoms with E-state index in [0.717, 1.165) is 56.7 Å². The maximum absolute atomic E-state index is 13.1. The third kappa shape index (κ3) is 4.05. The summed E-state index contributed by atoms with van der Waals surface area (Å²) in [6.45, 7) is 4.96. The molecule has 5 nitrogen and oxygen atoms in total. The maximum atomic E-state index is 13.1. The maximum Gasteiger partial charge on any atom is 0.241 e. The van der Waals surface area contributed by atoms with Crippen molar-refractivity contribution in [2.24, 2.45) is 7.05 Å². The first-order chi connectivity index (χ1) is 15.5. The Labute approximate surface area is 189 Å². The van der Waals surface area contributed by atoms with Crippen LogP contribution in [-0.2, 0) is 31.1 Å². The third-order valence-electron chi connectivity index (χ3n) is 7.14. The summed E-state index contributed by atoms with van der Waals surface area (Å²) in [5, 5.41) is 1.33. The van der Waals surface area contributed by atoms with Gasteiger partial charge in [0.05, 0.1) is 12.1 Å². The van der Waals surface area contributed by atoms with E-state index >= 15 is 0 Å².